The Morgan fingerprint density at radius 3 is 2.21 bits per heavy atom. The monoisotopic (exact) mass is 387 g/mol. The highest BCUT2D eigenvalue weighted by atomic mass is 16.5. The largest absolute Gasteiger partial charge is 0.493 e. The van der Waals surface area contributed by atoms with Gasteiger partial charge in [-0.05, 0) is 31.2 Å². The van der Waals surface area contributed by atoms with Crippen LogP contribution in [0.3, 0.4) is 0 Å². The number of guanidine groups is 1. The van der Waals surface area contributed by atoms with Crippen LogP contribution in [0.25, 0.3) is 0 Å². The zero-order valence-electron chi connectivity index (χ0n) is 17.2. The molecular formula is C21H29N3O4. The minimum Gasteiger partial charge on any atom is -0.493 e. The molecule has 2 aromatic rings. The average molecular weight is 387 g/mol. The highest BCUT2D eigenvalue weighted by Gasteiger charge is 2.15. The fourth-order valence-corrected chi connectivity index (χ4v) is 2.67. The van der Waals surface area contributed by atoms with Gasteiger partial charge in [-0.3, -0.25) is 4.99 Å². The highest BCUT2D eigenvalue weighted by Crippen LogP contribution is 2.39. The molecule has 0 spiro atoms. The van der Waals surface area contributed by atoms with Crippen molar-refractivity contribution in [3.8, 4) is 23.0 Å². The standard InChI is InChI=1S/C21H29N3O4/c1-15-6-9-17(10-7-15)28-13-12-23-21(22-2)24-14-16-8-11-18(25-3)20(27-5)19(16)26-4/h6-11H,12-14H2,1-5H3,(H2,22,23,24). The van der Waals surface area contributed by atoms with E-state index in [1.807, 2.05) is 43.3 Å². The van der Waals surface area contributed by atoms with Crippen molar-refractivity contribution in [2.45, 2.75) is 13.5 Å². The molecule has 152 valence electrons. The zero-order valence-corrected chi connectivity index (χ0v) is 17.2. The van der Waals surface area contributed by atoms with Crippen molar-refractivity contribution in [2.24, 2.45) is 4.99 Å². The fraction of sp³-hybridized carbons (Fsp3) is 0.381. The van der Waals surface area contributed by atoms with E-state index in [1.54, 1.807) is 28.4 Å². The number of aliphatic imine (C=N–C) groups is 1. The second-order valence-corrected chi connectivity index (χ2v) is 6.01. The van der Waals surface area contributed by atoms with Crippen LogP contribution in [0.4, 0.5) is 0 Å². The molecule has 0 saturated heterocycles. The molecular weight excluding hydrogens is 358 g/mol. The van der Waals surface area contributed by atoms with Gasteiger partial charge in [-0.15, -0.1) is 0 Å². The minimum absolute atomic E-state index is 0.516. The Bertz CT molecular complexity index is 776. The Hall–Kier alpha value is -3.09. The molecule has 7 nitrogen and oxygen atoms in total. The summed E-state index contributed by atoms with van der Waals surface area (Å²) in [6.45, 7) is 3.72. The number of nitrogens with zero attached hydrogens (tertiary/aromatic N) is 1. The van der Waals surface area contributed by atoms with Crippen molar-refractivity contribution in [3.63, 3.8) is 0 Å². The van der Waals surface area contributed by atoms with Crippen LogP contribution in [-0.4, -0.2) is 47.5 Å². The minimum atomic E-state index is 0.516. The summed E-state index contributed by atoms with van der Waals surface area (Å²) in [5, 5.41) is 6.49. The SMILES string of the molecule is CN=C(NCCOc1ccc(C)cc1)NCc1ccc(OC)c(OC)c1OC. The summed E-state index contributed by atoms with van der Waals surface area (Å²) in [6, 6.07) is 11.8. The molecule has 28 heavy (non-hydrogen) atoms. The van der Waals surface area contributed by atoms with Crippen molar-refractivity contribution in [3.05, 3.63) is 47.5 Å². The number of benzene rings is 2. The van der Waals surface area contributed by atoms with E-state index in [0.717, 1.165) is 11.3 Å². The summed E-state index contributed by atoms with van der Waals surface area (Å²) in [6.07, 6.45) is 0. The van der Waals surface area contributed by atoms with Crippen LogP contribution in [0.2, 0.25) is 0 Å². The van der Waals surface area contributed by atoms with Crippen molar-refractivity contribution in [1.82, 2.24) is 10.6 Å². The fourth-order valence-electron chi connectivity index (χ4n) is 2.67. The Morgan fingerprint density at radius 2 is 1.61 bits per heavy atom. The Kier molecular flexibility index (Phi) is 8.27. The van der Waals surface area contributed by atoms with E-state index < -0.39 is 0 Å². The maximum atomic E-state index is 5.72. The van der Waals surface area contributed by atoms with Gasteiger partial charge in [0, 0.05) is 19.2 Å². The lowest BCUT2D eigenvalue weighted by Crippen LogP contribution is -2.38. The van der Waals surface area contributed by atoms with Gasteiger partial charge in [0.25, 0.3) is 0 Å². The van der Waals surface area contributed by atoms with Crippen LogP contribution in [0.5, 0.6) is 23.0 Å². The molecule has 0 heterocycles. The van der Waals surface area contributed by atoms with Gasteiger partial charge in [-0.1, -0.05) is 17.7 Å². The van der Waals surface area contributed by atoms with Crippen molar-refractivity contribution in [1.29, 1.82) is 0 Å². The Labute approximate surface area is 166 Å². The summed E-state index contributed by atoms with van der Waals surface area (Å²) < 4.78 is 22.0. The van der Waals surface area contributed by atoms with E-state index in [-0.39, 0.29) is 0 Å². The van der Waals surface area contributed by atoms with Crippen LogP contribution in [-0.2, 0) is 6.54 Å². The molecule has 0 saturated carbocycles. The number of methoxy groups -OCH3 is 3. The molecule has 0 fully saturated rings. The van der Waals surface area contributed by atoms with Gasteiger partial charge >= 0.3 is 0 Å². The molecule has 7 heteroatoms. The first-order valence-corrected chi connectivity index (χ1v) is 9.04. The molecule has 2 aromatic carbocycles. The van der Waals surface area contributed by atoms with E-state index >= 15 is 0 Å². The van der Waals surface area contributed by atoms with Gasteiger partial charge in [0.1, 0.15) is 12.4 Å². The molecule has 0 aliphatic rings. The number of aryl methyl sites for hydroxylation is 1. The van der Waals surface area contributed by atoms with Gasteiger partial charge in [0.2, 0.25) is 5.75 Å². The number of hydrogen-bond donors (Lipinski definition) is 2. The number of ether oxygens (including phenoxy) is 4. The molecule has 0 aliphatic carbocycles. The van der Waals surface area contributed by atoms with Crippen LogP contribution in [0.15, 0.2) is 41.4 Å². The van der Waals surface area contributed by atoms with Gasteiger partial charge in [0.05, 0.1) is 27.9 Å². The molecule has 0 bridgehead atoms. The molecule has 0 atom stereocenters. The molecule has 0 aliphatic heterocycles. The van der Waals surface area contributed by atoms with Gasteiger partial charge < -0.3 is 29.6 Å². The van der Waals surface area contributed by atoms with Crippen LogP contribution < -0.4 is 29.6 Å². The van der Waals surface area contributed by atoms with Gasteiger partial charge in [-0.2, -0.15) is 0 Å². The van der Waals surface area contributed by atoms with Crippen molar-refractivity contribution >= 4 is 5.96 Å². The summed E-state index contributed by atoms with van der Waals surface area (Å²) in [4.78, 5) is 4.23. The maximum Gasteiger partial charge on any atom is 0.203 e. The van der Waals surface area contributed by atoms with Crippen LogP contribution in [0, 0.1) is 6.92 Å². The third-order valence-electron chi connectivity index (χ3n) is 4.14. The summed E-state index contributed by atoms with van der Waals surface area (Å²) >= 11 is 0. The summed E-state index contributed by atoms with van der Waals surface area (Å²) in [5.41, 5.74) is 2.14. The van der Waals surface area contributed by atoms with Gasteiger partial charge in [-0.25, -0.2) is 0 Å². The van der Waals surface area contributed by atoms with E-state index in [4.69, 9.17) is 18.9 Å². The number of hydrogen-bond acceptors (Lipinski definition) is 5. The number of nitrogens with one attached hydrogen (secondary N) is 2. The third-order valence-corrected chi connectivity index (χ3v) is 4.14. The first kappa shape index (κ1) is 21.2. The predicted octanol–water partition coefficient (Wildman–Crippen LogP) is 2.76. The predicted molar refractivity (Wildman–Crippen MR) is 111 cm³/mol. The molecule has 0 unspecified atom stereocenters. The molecule has 0 amide bonds. The lowest BCUT2D eigenvalue weighted by Gasteiger charge is -2.17. The lowest BCUT2D eigenvalue weighted by atomic mass is 10.1. The lowest BCUT2D eigenvalue weighted by molar-refractivity contribution is 0.321. The molecule has 2 rings (SSSR count). The quantitative estimate of drug-likeness (QED) is 0.392. The Morgan fingerprint density at radius 1 is 0.893 bits per heavy atom. The van der Waals surface area contributed by atoms with E-state index in [2.05, 4.69) is 15.6 Å². The molecule has 2 N–H and O–H groups in total. The molecule has 0 aromatic heterocycles. The third kappa shape index (κ3) is 5.70. The van der Waals surface area contributed by atoms with Crippen molar-refractivity contribution in [2.75, 3.05) is 41.5 Å². The summed E-state index contributed by atoms with van der Waals surface area (Å²) in [7, 11) is 6.52. The van der Waals surface area contributed by atoms with E-state index in [9.17, 15) is 0 Å². The van der Waals surface area contributed by atoms with Crippen LogP contribution in [0.1, 0.15) is 11.1 Å². The zero-order chi connectivity index (χ0) is 20.4. The Balaban J connectivity index is 1.87. The molecule has 0 radical (unpaired) electrons. The second kappa shape index (κ2) is 10.9. The topological polar surface area (TPSA) is 73.3 Å². The first-order chi connectivity index (χ1) is 13.6. The number of rotatable bonds is 9. The van der Waals surface area contributed by atoms with Gasteiger partial charge in [0.15, 0.2) is 17.5 Å². The van der Waals surface area contributed by atoms with Crippen LogP contribution >= 0.6 is 0 Å². The van der Waals surface area contributed by atoms with E-state index in [1.165, 1.54) is 5.56 Å². The summed E-state index contributed by atoms with van der Waals surface area (Å²) in [5.74, 6) is 3.35. The highest BCUT2D eigenvalue weighted by molar-refractivity contribution is 5.79. The van der Waals surface area contributed by atoms with E-state index in [0.29, 0.717) is 42.9 Å². The first-order valence-electron chi connectivity index (χ1n) is 9.04. The smallest absolute Gasteiger partial charge is 0.203 e. The average Bonchev–Trinajstić information content (AvgIpc) is 2.73. The normalized spacial score (nSPS) is 11.0. The maximum absolute atomic E-state index is 5.72. The van der Waals surface area contributed by atoms with Crippen molar-refractivity contribution < 1.29 is 18.9 Å². The second-order valence-electron chi connectivity index (χ2n) is 6.01.